The van der Waals surface area contributed by atoms with E-state index in [4.69, 9.17) is 9.47 Å². The summed E-state index contributed by atoms with van der Waals surface area (Å²) in [6, 6.07) is 5.69. The highest BCUT2D eigenvalue weighted by Gasteiger charge is 2.27. The summed E-state index contributed by atoms with van der Waals surface area (Å²) >= 11 is 1.47. The third kappa shape index (κ3) is 4.61. The molecule has 0 bridgehead atoms. The van der Waals surface area contributed by atoms with Crippen LogP contribution in [0.5, 0.6) is 11.5 Å². The van der Waals surface area contributed by atoms with E-state index in [2.05, 4.69) is 25.2 Å². The smallest absolute Gasteiger partial charge is 0.231 e. The highest BCUT2D eigenvalue weighted by atomic mass is 32.1. The van der Waals surface area contributed by atoms with Gasteiger partial charge in [-0.1, -0.05) is 0 Å². The van der Waals surface area contributed by atoms with Crippen LogP contribution in [0.1, 0.15) is 17.7 Å². The number of rotatable bonds is 6. The summed E-state index contributed by atoms with van der Waals surface area (Å²) in [5.74, 6) is 1.98. The van der Waals surface area contributed by atoms with Crippen LogP contribution in [0.2, 0.25) is 0 Å². The maximum Gasteiger partial charge on any atom is 0.231 e. The number of piperidine rings is 1. The number of carbonyl (C=O) groups is 1. The largest absolute Gasteiger partial charge is 0.493 e. The van der Waals surface area contributed by atoms with Gasteiger partial charge in [-0.25, -0.2) is 9.97 Å². The van der Waals surface area contributed by atoms with Crippen molar-refractivity contribution in [1.82, 2.24) is 15.0 Å². The predicted molar refractivity (Wildman–Crippen MR) is 121 cm³/mol. The lowest BCUT2D eigenvalue weighted by molar-refractivity contribution is -0.120. The molecule has 1 fully saturated rings. The monoisotopic (exact) mass is 439 g/mol. The Morgan fingerprint density at radius 1 is 1.23 bits per heavy atom. The van der Waals surface area contributed by atoms with Crippen LogP contribution in [0.4, 0.5) is 10.9 Å². The van der Waals surface area contributed by atoms with E-state index < -0.39 is 0 Å². The molecule has 4 rings (SSSR count). The molecule has 1 atom stereocenters. The molecular formula is C22H25N5O3S. The average molecular weight is 440 g/mol. The van der Waals surface area contributed by atoms with E-state index in [-0.39, 0.29) is 11.8 Å². The van der Waals surface area contributed by atoms with Crippen molar-refractivity contribution in [3.63, 3.8) is 0 Å². The minimum atomic E-state index is -0.121. The molecule has 1 aliphatic heterocycles. The number of aromatic nitrogens is 3. The molecule has 0 spiro atoms. The van der Waals surface area contributed by atoms with Crippen LogP contribution in [0, 0.1) is 12.8 Å². The first-order valence-corrected chi connectivity index (χ1v) is 10.9. The van der Waals surface area contributed by atoms with Gasteiger partial charge in [-0.3, -0.25) is 9.78 Å². The molecule has 0 saturated carbocycles. The van der Waals surface area contributed by atoms with Crippen LogP contribution in [0.15, 0.2) is 36.8 Å². The van der Waals surface area contributed by atoms with Gasteiger partial charge in [0.25, 0.3) is 0 Å². The average Bonchev–Trinajstić information content (AvgIpc) is 3.19. The fraction of sp³-hybridized carbons (Fsp3) is 0.364. The van der Waals surface area contributed by atoms with Crippen LogP contribution in [0.25, 0.3) is 11.3 Å². The zero-order valence-electron chi connectivity index (χ0n) is 17.8. The summed E-state index contributed by atoms with van der Waals surface area (Å²) in [6.07, 6.45) is 6.84. The number of thiazole rings is 1. The predicted octanol–water partition coefficient (Wildman–Crippen LogP) is 3.78. The third-order valence-corrected chi connectivity index (χ3v) is 6.24. The van der Waals surface area contributed by atoms with Gasteiger partial charge in [-0.05, 0) is 38.0 Å². The minimum Gasteiger partial charge on any atom is -0.493 e. The second-order valence-corrected chi connectivity index (χ2v) is 8.53. The van der Waals surface area contributed by atoms with Gasteiger partial charge in [-0.2, -0.15) is 0 Å². The number of carbonyl (C=O) groups excluding carboxylic acids is 1. The molecule has 0 radical (unpaired) electrons. The standard InChI is InChI=1S/C22H25N5O3S/c1-14-20(15-6-7-17(29-2)18(11-15)30-3)25-22(31-14)26-21(28)16-5-4-10-27(13-16)19-12-23-8-9-24-19/h6-9,11-12,16H,4-5,10,13H2,1-3H3,(H,25,26,28). The van der Waals surface area contributed by atoms with Gasteiger partial charge in [0.1, 0.15) is 5.82 Å². The number of hydrogen-bond acceptors (Lipinski definition) is 8. The zero-order valence-corrected chi connectivity index (χ0v) is 18.6. The molecule has 3 heterocycles. The molecule has 9 heteroatoms. The second-order valence-electron chi connectivity index (χ2n) is 7.33. The molecule has 1 unspecified atom stereocenters. The summed E-state index contributed by atoms with van der Waals surface area (Å²) in [4.78, 5) is 29.2. The number of aryl methyl sites for hydroxylation is 1. The Kier molecular flexibility index (Phi) is 6.31. The molecule has 8 nitrogen and oxygen atoms in total. The van der Waals surface area contributed by atoms with Crippen molar-refractivity contribution in [3.05, 3.63) is 41.7 Å². The number of nitrogens with zero attached hydrogens (tertiary/aromatic N) is 4. The summed E-state index contributed by atoms with van der Waals surface area (Å²) in [6.45, 7) is 3.50. The number of ether oxygens (including phenoxy) is 2. The quantitative estimate of drug-likeness (QED) is 0.625. The van der Waals surface area contributed by atoms with Gasteiger partial charge in [0.05, 0.1) is 32.0 Å². The first-order chi connectivity index (χ1) is 15.1. The van der Waals surface area contributed by atoms with Gasteiger partial charge < -0.3 is 19.7 Å². The van der Waals surface area contributed by atoms with Crippen molar-refractivity contribution < 1.29 is 14.3 Å². The van der Waals surface area contributed by atoms with Crippen molar-refractivity contribution >= 4 is 28.2 Å². The number of anilines is 2. The highest BCUT2D eigenvalue weighted by Crippen LogP contribution is 2.36. The van der Waals surface area contributed by atoms with Crippen molar-refractivity contribution in [1.29, 1.82) is 0 Å². The van der Waals surface area contributed by atoms with Crippen molar-refractivity contribution in [2.24, 2.45) is 5.92 Å². The second kappa shape index (κ2) is 9.30. The van der Waals surface area contributed by atoms with E-state index in [0.717, 1.165) is 41.3 Å². The molecule has 1 N–H and O–H groups in total. The zero-order chi connectivity index (χ0) is 21.8. The minimum absolute atomic E-state index is 0.0128. The number of hydrogen-bond donors (Lipinski definition) is 1. The molecule has 1 aliphatic rings. The molecule has 1 aromatic carbocycles. The molecule has 3 aromatic rings. The Morgan fingerprint density at radius 2 is 2.06 bits per heavy atom. The van der Waals surface area contributed by atoms with Crippen LogP contribution >= 0.6 is 11.3 Å². The molecule has 31 heavy (non-hydrogen) atoms. The summed E-state index contributed by atoms with van der Waals surface area (Å²) in [5.41, 5.74) is 1.74. The lowest BCUT2D eigenvalue weighted by Gasteiger charge is -2.32. The van der Waals surface area contributed by atoms with Crippen molar-refractivity contribution in [2.75, 3.05) is 37.5 Å². The Bertz CT molecular complexity index is 1060. The lowest BCUT2D eigenvalue weighted by atomic mass is 9.97. The molecular weight excluding hydrogens is 414 g/mol. The summed E-state index contributed by atoms with van der Waals surface area (Å²) in [5, 5.41) is 3.62. The van der Waals surface area contributed by atoms with E-state index >= 15 is 0 Å². The maximum atomic E-state index is 12.9. The van der Waals surface area contributed by atoms with Crippen molar-refractivity contribution in [3.8, 4) is 22.8 Å². The Morgan fingerprint density at radius 3 is 2.81 bits per heavy atom. The molecule has 1 amide bonds. The lowest BCUT2D eigenvalue weighted by Crippen LogP contribution is -2.41. The Labute approximate surface area is 185 Å². The summed E-state index contributed by atoms with van der Waals surface area (Å²) < 4.78 is 10.7. The van der Waals surface area contributed by atoms with Crippen LogP contribution in [-0.2, 0) is 4.79 Å². The van der Waals surface area contributed by atoms with Crippen LogP contribution in [0.3, 0.4) is 0 Å². The number of amides is 1. The number of methoxy groups -OCH3 is 2. The number of benzene rings is 1. The van der Waals surface area contributed by atoms with E-state index in [1.54, 1.807) is 32.8 Å². The normalized spacial score (nSPS) is 16.1. The van der Waals surface area contributed by atoms with Crippen LogP contribution in [-0.4, -0.2) is 48.2 Å². The molecule has 162 valence electrons. The first-order valence-electron chi connectivity index (χ1n) is 10.1. The van der Waals surface area contributed by atoms with E-state index in [0.29, 0.717) is 23.2 Å². The molecule has 2 aromatic heterocycles. The van der Waals surface area contributed by atoms with Gasteiger partial charge >= 0.3 is 0 Å². The van der Waals surface area contributed by atoms with Gasteiger partial charge in [-0.15, -0.1) is 11.3 Å². The van der Waals surface area contributed by atoms with Crippen molar-refractivity contribution in [2.45, 2.75) is 19.8 Å². The van der Waals surface area contributed by atoms with Gasteiger partial charge in [0.15, 0.2) is 16.6 Å². The third-order valence-electron chi connectivity index (χ3n) is 5.35. The van der Waals surface area contributed by atoms with Crippen LogP contribution < -0.4 is 19.7 Å². The number of nitrogens with one attached hydrogen (secondary N) is 1. The SMILES string of the molecule is COc1ccc(-c2nc(NC(=O)C3CCCN(c4cnccn4)C3)sc2C)cc1OC. The first kappa shape index (κ1) is 21.0. The maximum absolute atomic E-state index is 12.9. The van der Waals surface area contributed by atoms with Gasteiger partial charge in [0.2, 0.25) is 5.91 Å². The molecule has 0 aliphatic carbocycles. The molecule has 1 saturated heterocycles. The topological polar surface area (TPSA) is 89.5 Å². The summed E-state index contributed by atoms with van der Waals surface area (Å²) in [7, 11) is 3.21. The fourth-order valence-electron chi connectivity index (χ4n) is 3.76. The van der Waals surface area contributed by atoms with E-state index in [1.807, 2.05) is 25.1 Å². The van der Waals surface area contributed by atoms with Gasteiger partial charge in [0, 0.05) is 35.9 Å². The highest BCUT2D eigenvalue weighted by molar-refractivity contribution is 7.16. The Hall–Kier alpha value is -3.20. The Balaban J connectivity index is 1.47. The van der Waals surface area contributed by atoms with E-state index in [1.165, 1.54) is 11.3 Å². The fourth-order valence-corrected chi connectivity index (χ4v) is 4.60. The van der Waals surface area contributed by atoms with E-state index in [9.17, 15) is 4.79 Å².